The van der Waals surface area contributed by atoms with Gasteiger partial charge in [-0.1, -0.05) is 11.6 Å². The molecule has 0 saturated heterocycles. The summed E-state index contributed by atoms with van der Waals surface area (Å²) in [5.41, 5.74) is 7.80. The highest BCUT2D eigenvalue weighted by atomic mass is 35.5. The Balaban J connectivity index is 1.99. The smallest absolute Gasteiger partial charge is 0.143 e. The lowest BCUT2D eigenvalue weighted by molar-refractivity contribution is 0.629. The molecule has 0 aliphatic rings. The van der Waals surface area contributed by atoms with E-state index in [0.29, 0.717) is 17.9 Å². The molecule has 0 aliphatic carbocycles. The molecule has 0 amide bonds. The van der Waals surface area contributed by atoms with Crippen LogP contribution in [0.2, 0.25) is 5.02 Å². The molecule has 4 nitrogen and oxygen atoms in total. The minimum absolute atomic E-state index is 0.0623. The van der Waals surface area contributed by atoms with Gasteiger partial charge in [-0.25, -0.2) is 4.39 Å². The Labute approximate surface area is 110 Å². The number of aryl methyl sites for hydroxylation is 1. The molecule has 0 fully saturated rings. The van der Waals surface area contributed by atoms with Crippen molar-refractivity contribution in [3.63, 3.8) is 0 Å². The molecule has 6 heteroatoms. The van der Waals surface area contributed by atoms with E-state index in [1.807, 2.05) is 17.8 Å². The van der Waals surface area contributed by atoms with Crippen molar-refractivity contribution < 1.29 is 4.39 Å². The Kier molecular flexibility index (Phi) is 3.72. The molecule has 2 rings (SSSR count). The number of nitrogen functional groups attached to an aromatic ring is 1. The average molecular weight is 269 g/mol. The predicted octanol–water partition coefficient (Wildman–Crippen LogP) is 2.45. The molecule has 0 radical (unpaired) electrons. The van der Waals surface area contributed by atoms with Gasteiger partial charge in [0.1, 0.15) is 5.82 Å². The number of nitrogens with zero attached hydrogens (tertiary/aromatic N) is 2. The Morgan fingerprint density at radius 3 is 2.94 bits per heavy atom. The standard InChI is InChI=1S/C12H14ClFN4/c1-18-8(3-5-17-18)2-4-16-12-6-9(13)10(14)7-11(12)15/h3,5-7,16H,2,4,15H2,1H3. The van der Waals surface area contributed by atoms with E-state index in [-0.39, 0.29) is 5.02 Å². The van der Waals surface area contributed by atoms with Crippen LogP contribution in [0.15, 0.2) is 24.4 Å². The molecule has 0 aliphatic heterocycles. The average Bonchev–Trinajstić information content (AvgIpc) is 2.72. The third-order valence-electron chi connectivity index (χ3n) is 2.71. The molecule has 1 aromatic heterocycles. The van der Waals surface area contributed by atoms with Gasteiger partial charge in [-0.2, -0.15) is 5.10 Å². The maximum absolute atomic E-state index is 13.1. The normalized spacial score (nSPS) is 10.6. The number of halogens is 2. The second-order valence-corrected chi connectivity index (χ2v) is 4.38. The van der Waals surface area contributed by atoms with E-state index >= 15 is 0 Å². The Morgan fingerprint density at radius 1 is 1.50 bits per heavy atom. The molecular formula is C12H14ClFN4. The van der Waals surface area contributed by atoms with Crippen LogP contribution in [0.1, 0.15) is 5.69 Å². The second-order valence-electron chi connectivity index (χ2n) is 3.98. The zero-order chi connectivity index (χ0) is 13.1. The summed E-state index contributed by atoms with van der Waals surface area (Å²) in [5.74, 6) is -0.508. The molecule has 0 unspecified atom stereocenters. The Morgan fingerprint density at radius 2 is 2.28 bits per heavy atom. The van der Waals surface area contributed by atoms with Gasteiger partial charge in [0, 0.05) is 38.0 Å². The molecule has 1 heterocycles. The molecule has 1 aromatic carbocycles. The number of anilines is 2. The summed E-state index contributed by atoms with van der Waals surface area (Å²) in [6.45, 7) is 0.672. The van der Waals surface area contributed by atoms with Crippen molar-refractivity contribution in [1.82, 2.24) is 9.78 Å². The lowest BCUT2D eigenvalue weighted by Crippen LogP contribution is -2.09. The minimum atomic E-state index is -0.508. The quantitative estimate of drug-likeness (QED) is 0.838. The van der Waals surface area contributed by atoms with Crippen molar-refractivity contribution in [3.8, 4) is 0 Å². The predicted molar refractivity (Wildman–Crippen MR) is 71.2 cm³/mol. The van der Waals surface area contributed by atoms with Gasteiger partial charge in [-0.15, -0.1) is 0 Å². The highest BCUT2D eigenvalue weighted by molar-refractivity contribution is 6.31. The molecule has 0 saturated carbocycles. The zero-order valence-corrected chi connectivity index (χ0v) is 10.7. The van der Waals surface area contributed by atoms with Gasteiger partial charge >= 0.3 is 0 Å². The Bertz CT molecular complexity index is 553. The van der Waals surface area contributed by atoms with Crippen molar-refractivity contribution in [2.75, 3.05) is 17.6 Å². The molecule has 0 spiro atoms. The van der Waals surface area contributed by atoms with E-state index in [0.717, 1.165) is 12.1 Å². The summed E-state index contributed by atoms with van der Waals surface area (Å²) in [4.78, 5) is 0. The van der Waals surface area contributed by atoms with Crippen LogP contribution in [0, 0.1) is 5.82 Å². The van der Waals surface area contributed by atoms with Crippen LogP contribution in [0.3, 0.4) is 0 Å². The van der Waals surface area contributed by atoms with Crippen LogP contribution < -0.4 is 11.1 Å². The summed E-state index contributed by atoms with van der Waals surface area (Å²) in [6.07, 6.45) is 2.55. The molecule has 96 valence electrons. The fourth-order valence-corrected chi connectivity index (χ4v) is 1.85. The molecule has 0 bridgehead atoms. The number of nitrogens with one attached hydrogen (secondary N) is 1. The molecule has 18 heavy (non-hydrogen) atoms. The first kappa shape index (κ1) is 12.7. The lowest BCUT2D eigenvalue weighted by Gasteiger charge is -2.10. The van der Waals surface area contributed by atoms with Crippen LogP contribution in [0.5, 0.6) is 0 Å². The molecular weight excluding hydrogens is 255 g/mol. The molecule has 3 N–H and O–H groups in total. The topological polar surface area (TPSA) is 55.9 Å². The van der Waals surface area contributed by atoms with Gasteiger partial charge in [-0.3, -0.25) is 4.68 Å². The first-order valence-electron chi connectivity index (χ1n) is 5.53. The third kappa shape index (κ3) is 2.73. The lowest BCUT2D eigenvalue weighted by atomic mass is 10.2. The zero-order valence-electron chi connectivity index (χ0n) is 9.95. The van der Waals surface area contributed by atoms with Gasteiger partial charge in [0.25, 0.3) is 0 Å². The summed E-state index contributed by atoms with van der Waals surface area (Å²) < 4.78 is 14.9. The van der Waals surface area contributed by atoms with Crippen molar-refractivity contribution >= 4 is 23.0 Å². The summed E-state index contributed by atoms with van der Waals surface area (Å²) in [7, 11) is 1.89. The van der Waals surface area contributed by atoms with Crippen molar-refractivity contribution in [2.24, 2.45) is 7.05 Å². The third-order valence-corrected chi connectivity index (χ3v) is 3.00. The fourth-order valence-electron chi connectivity index (χ4n) is 1.69. The number of hydrogen-bond donors (Lipinski definition) is 2. The van der Waals surface area contributed by atoms with E-state index < -0.39 is 5.82 Å². The largest absolute Gasteiger partial charge is 0.397 e. The van der Waals surface area contributed by atoms with Crippen LogP contribution in [-0.4, -0.2) is 16.3 Å². The van der Waals surface area contributed by atoms with E-state index in [9.17, 15) is 4.39 Å². The highest BCUT2D eigenvalue weighted by Crippen LogP contribution is 2.26. The second kappa shape index (κ2) is 5.27. The summed E-state index contributed by atoms with van der Waals surface area (Å²) in [6, 6.07) is 4.66. The molecule has 2 aromatic rings. The number of hydrogen-bond acceptors (Lipinski definition) is 3. The van der Waals surface area contributed by atoms with E-state index in [1.165, 1.54) is 12.1 Å². The SMILES string of the molecule is Cn1nccc1CCNc1cc(Cl)c(F)cc1N. The maximum Gasteiger partial charge on any atom is 0.143 e. The van der Waals surface area contributed by atoms with Crippen molar-refractivity contribution in [1.29, 1.82) is 0 Å². The number of rotatable bonds is 4. The molecule has 0 atom stereocenters. The van der Waals surface area contributed by atoms with E-state index in [2.05, 4.69) is 10.4 Å². The number of benzene rings is 1. The maximum atomic E-state index is 13.1. The highest BCUT2D eigenvalue weighted by Gasteiger charge is 2.06. The van der Waals surface area contributed by atoms with Crippen molar-refractivity contribution in [2.45, 2.75) is 6.42 Å². The van der Waals surface area contributed by atoms with E-state index in [4.69, 9.17) is 17.3 Å². The fraction of sp³-hybridized carbons (Fsp3) is 0.250. The van der Waals surface area contributed by atoms with Crippen LogP contribution in [0.4, 0.5) is 15.8 Å². The minimum Gasteiger partial charge on any atom is -0.397 e. The summed E-state index contributed by atoms with van der Waals surface area (Å²) >= 11 is 5.70. The van der Waals surface area contributed by atoms with Crippen molar-refractivity contribution in [3.05, 3.63) is 40.9 Å². The van der Waals surface area contributed by atoms with Gasteiger partial charge in [0.05, 0.1) is 16.4 Å². The monoisotopic (exact) mass is 268 g/mol. The van der Waals surface area contributed by atoms with Gasteiger partial charge in [0.15, 0.2) is 0 Å². The first-order chi connectivity index (χ1) is 8.58. The Hall–Kier alpha value is -1.75. The van der Waals surface area contributed by atoms with Gasteiger partial charge in [-0.05, 0) is 12.1 Å². The van der Waals surface area contributed by atoms with Gasteiger partial charge < -0.3 is 11.1 Å². The van der Waals surface area contributed by atoms with E-state index in [1.54, 1.807) is 6.20 Å². The number of nitrogens with two attached hydrogens (primary N) is 1. The number of aromatic nitrogens is 2. The van der Waals surface area contributed by atoms with Crippen LogP contribution in [0.25, 0.3) is 0 Å². The van der Waals surface area contributed by atoms with Crippen LogP contribution in [-0.2, 0) is 13.5 Å². The first-order valence-corrected chi connectivity index (χ1v) is 5.91. The van der Waals surface area contributed by atoms with Gasteiger partial charge in [0.2, 0.25) is 0 Å². The van der Waals surface area contributed by atoms with Crippen LogP contribution >= 0.6 is 11.6 Å². The summed E-state index contributed by atoms with van der Waals surface area (Å²) in [5, 5.41) is 7.27.